The van der Waals surface area contributed by atoms with Gasteiger partial charge in [0.15, 0.2) is 0 Å². The minimum atomic E-state index is -0.535. The molecule has 0 aliphatic carbocycles. The predicted molar refractivity (Wildman–Crippen MR) is 88.4 cm³/mol. The van der Waals surface area contributed by atoms with Crippen LogP contribution in [0.3, 0.4) is 0 Å². The van der Waals surface area contributed by atoms with E-state index < -0.39 is 11.8 Å². The lowest BCUT2D eigenvalue weighted by molar-refractivity contribution is -0.189. The van der Waals surface area contributed by atoms with Gasteiger partial charge in [-0.2, -0.15) is 0 Å². The number of carbonyl (C=O) groups is 3. The van der Waals surface area contributed by atoms with E-state index in [-0.39, 0.29) is 31.0 Å². The molecule has 0 fully saturated rings. The van der Waals surface area contributed by atoms with E-state index in [1.165, 1.54) is 6.08 Å². The lowest BCUT2D eigenvalue weighted by Gasteiger charge is -2.14. The van der Waals surface area contributed by atoms with E-state index in [1.807, 2.05) is 0 Å². The first-order valence-electron chi connectivity index (χ1n) is 7.85. The maximum Gasteiger partial charge on any atom is 0.285 e. The van der Waals surface area contributed by atoms with Crippen molar-refractivity contribution < 1.29 is 33.4 Å². The van der Waals surface area contributed by atoms with Crippen molar-refractivity contribution >= 4 is 18.1 Å². The summed E-state index contributed by atoms with van der Waals surface area (Å²) in [6.07, 6.45) is 5.23. The number of hydroxylamine groups is 2. The maximum absolute atomic E-state index is 12.1. The van der Waals surface area contributed by atoms with E-state index in [2.05, 4.69) is 6.58 Å². The Morgan fingerprint density at radius 1 is 0.920 bits per heavy atom. The molecule has 0 aromatic carbocycles. The average Bonchev–Trinajstić information content (AvgIpc) is 2.83. The Bertz CT molecular complexity index is 539. The molecular formula is C17H23NO7. The Labute approximate surface area is 146 Å². The molecule has 0 spiro atoms. The molecule has 0 unspecified atom stereocenters. The third-order valence-electron chi connectivity index (χ3n) is 3.04. The average molecular weight is 353 g/mol. The molecule has 1 heterocycles. The molecule has 0 aromatic rings. The summed E-state index contributed by atoms with van der Waals surface area (Å²) >= 11 is 0. The van der Waals surface area contributed by atoms with Crippen molar-refractivity contribution in [2.45, 2.75) is 6.92 Å². The van der Waals surface area contributed by atoms with Gasteiger partial charge in [-0.3, -0.25) is 14.4 Å². The van der Waals surface area contributed by atoms with Gasteiger partial charge in [0.05, 0.1) is 50.8 Å². The third-order valence-corrected chi connectivity index (χ3v) is 3.04. The van der Waals surface area contributed by atoms with Gasteiger partial charge in [0.1, 0.15) is 12.9 Å². The van der Waals surface area contributed by atoms with Crippen molar-refractivity contribution in [3.8, 4) is 0 Å². The van der Waals surface area contributed by atoms with Crippen LogP contribution in [-0.2, 0) is 33.4 Å². The van der Waals surface area contributed by atoms with Crippen LogP contribution in [0.4, 0.5) is 0 Å². The van der Waals surface area contributed by atoms with E-state index in [0.29, 0.717) is 32.7 Å². The molecular weight excluding hydrogens is 330 g/mol. The fourth-order valence-corrected chi connectivity index (χ4v) is 1.94. The van der Waals surface area contributed by atoms with Crippen LogP contribution >= 0.6 is 0 Å². The fraction of sp³-hybridized carbons (Fsp3) is 0.471. The monoisotopic (exact) mass is 353 g/mol. The molecule has 25 heavy (non-hydrogen) atoms. The molecule has 8 heteroatoms. The Morgan fingerprint density at radius 2 is 1.48 bits per heavy atom. The summed E-state index contributed by atoms with van der Waals surface area (Å²) in [5.74, 6) is -1.05. The normalized spacial score (nSPS) is 14.8. The first kappa shape index (κ1) is 20.9. The summed E-state index contributed by atoms with van der Waals surface area (Å²) in [7, 11) is 0. The highest BCUT2D eigenvalue weighted by atomic mass is 16.7. The van der Waals surface area contributed by atoms with Crippen LogP contribution in [0, 0.1) is 0 Å². The molecule has 0 aromatic heterocycles. The molecule has 0 N–H and O–H groups in total. The second-order valence-electron chi connectivity index (χ2n) is 4.74. The summed E-state index contributed by atoms with van der Waals surface area (Å²) in [4.78, 5) is 39.4. The molecule has 1 aliphatic rings. The lowest BCUT2D eigenvalue weighted by atomic mass is 10.1. The highest BCUT2D eigenvalue weighted by molar-refractivity contribution is 6.21. The number of amides is 2. The SMILES string of the molecule is C=CC1=C(/C=C\C)C(=O)N(OCCOCCOCCOCC=O)C1=O. The number of aldehydes is 1. The second kappa shape index (κ2) is 12.3. The van der Waals surface area contributed by atoms with E-state index in [4.69, 9.17) is 19.0 Å². The smallest absolute Gasteiger partial charge is 0.285 e. The second-order valence-corrected chi connectivity index (χ2v) is 4.74. The molecule has 2 amide bonds. The molecule has 0 atom stereocenters. The molecule has 1 aliphatic heterocycles. The predicted octanol–water partition coefficient (Wildman–Crippen LogP) is 0.594. The number of carbonyl (C=O) groups excluding carboxylic acids is 3. The van der Waals surface area contributed by atoms with Gasteiger partial charge in [-0.25, -0.2) is 0 Å². The van der Waals surface area contributed by atoms with Crippen LogP contribution in [0.25, 0.3) is 0 Å². The Morgan fingerprint density at radius 3 is 2.04 bits per heavy atom. The number of rotatable bonds is 14. The fourth-order valence-electron chi connectivity index (χ4n) is 1.94. The Balaban J connectivity index is 2.17. The number of hydrogen-bond donors (Lipinski definition) is 0. The van der Waals surface area contributed by atoms with E-state index >= 15 is 0 Å². The Kier molecular flexibility index (Phi) is 10.3. The zero-order valence-corrected chi connectivity index (χ0v) is 14.3. The molecule has 0 saturated heterocycles. The quantitative estimate of drug-likeness (QED) is 0.256. The van der Waals surface area contributed by atoms with Crippen molar-refractivity contribution in [3.05, 3.63) is 36.0 Å². The standard InChI is InChI=1S/C17H23NO7/c1-3-5-15-14(4-2)16(20)18(17(15)21)25-13-12-24-11-10-23-9-8-22-7-6-19/h3-6H,2,7-13H2,1H3/b5-3-. The summed E-state index contributed by atoms with van der Waals surface area (Å²) in [6.45, 7) is 7.00. The molecule has 0 bridgehead atoms. The van der Waals surface area contributed by atoms with Crippen LogP contribution in [0.1, 0.15) is 6.92 Å². The highest BCUT2D eigenvalue weighted by Gasteiger charge is 2.36. The van der Waals surface area contributed by atoms with Gasteiger partial charge in [-0.1, -0.05) is 24.8 Å². The maximum atomic E-state index is 12.1. The van der Waals surface area contributed by atoms with Crippen LogP contribution < -0.4 is 0 Å². The van der Waals surface area contributed by atoms with Crippen molar-refractivity contribution in [3.63, 3.8) is 0 Å². The van der Waals surface area contributed by atoms with Gasteiger partial charge in [-0.15, -0.1) is 5.06 Å². The lowest BCUT2D eigenvalue weighted by Crippen LogP contribution is -2.33. The van der Waals surface area contributed by atoms with Crippen LogP contribution in [0.15, 0.2) is 36.0 Å². The minimum Gasteiger partial charge on any atom is -0.377 e. The molecule has 138 valence electrons. The van der Waals surface area contributed by atoms with E-state index in [0.717, 1.165) is 5.06 Å². The summed E-state index contributed by atoms with van der Waals surface area (Å²) < 4.78 is 15.4. The first-order valence-corrected chi connectivity index (χ1v) is 7.85. The largest absolute Gasteiger partial charge is 0.377 e. The first-order chi connectivity index (χ1) is 12.2. The summed E-state index contributed by atoms with van der Waals surface area (Å²) in [5, 5.41) is 0.719. The van der Waals surface area contributed by atoms with Crippen LogP contribution in [0.2, 0.25) is 0 Å². The van der Waals surface area contributed by atoms with Crippen LogP contribution in [-0.4, -0.2) is 69.4 Å². The topological polar surface area (TPSA) is 91.4 Å². The molecule has 0 saturated carbocycles. The van der Waals surface area contributed by atoms with Gasteiger partial charge in [-0.05, 0) is 6.92 Å². The number of nitrogens with zero attached hydrogens (tertiary/aromatic N) is 1. The number of hydrogen-bond acceptors (Lipinski definition) is 7. The van der Waals surface area contributed by atoms with Gasteiger partial charge >= 0.3 is 0 Å². The van der Waals surface area contributed by atoms with Gasteiger partial charge in [0.2, 0.25) is 0 Å². The van der Waals surface area contributed by atoms with Crippen molar-refractivity contribution in [1.29, 1.82) is 0 Å². The number of allylic oxidation sites excluding steroid dienone is 1. The summed E-state index contributed by atoms with van der Waals surface area (Å²) in [6, 6.07) is 0. The third kappa shape index (κ3) is 6.71. The van der Waals surface area contributed by atoms with Crippen molar-refractivity contribution in [2.24, 2.45) is 0 Å². The molecule has 8 nitrogen and oxygen atoms in total. The van der Waals surface area contributed by atoms with E-state index in [1.54, 1.807) is 19.1 Å². The Hall–Kier alpha value is -2.13. The zero-order valence-electron chi connectivity index (χ0n) is 14.3. The summed E-state index contributed by atoms with van der Waals surface area (Å²) in [5.41, 5.74) is 0.475. The number of ether oxygens (including phenoxy) is 3. The van der Waals surface area contributed by atoms with Gasteiger partial charge in [0.25, 0.3) is 11.8 Å². The molecule has 0 radical (unpaired) electrons. The minimum absolute atomic E-state index is 0.0491. The number of imide groups is 1. The molecule has 1 rings (SSSR count). The van der Waals surface area contributed by atoms with E-state index in [9.17, 15) is 14.4 Å². The van der Waals surface area contributed by atoms with Gasteiger partial charge in [0, 0.05) is 0 Å². The highest BCUT2D eigenvalue weighted by Crippen LogP contribution is 2.22. The van der Waals surface area contributed by atoms with Crippen molar-refractivity contribution in [1.82, 2.24) is 5.06 Å². The van der Waals surface area contributed by atoms with Crippen molar-refractivity contribution in [2.75, 3.05) is 46.2 Å². The van der Waals surface area contributed by atoms with Gasteiger partial charge < -0.3 is 19.0 Å². The zero-order chi connectivity index (χ0) is 18.5. The van der Waals surface area contributed by atoms with Crippen LogP contribution in [0.5, 0.6) is 0 Å².